The molecule has 0 saturated heterocycles. The van der Waals surface area contributed by atoms with Gasteiger partial charge in [0.2, 0.25) is 0 Å². The van der Waals surface area contributed by atoms with Crippen molar-refractivity contribution in [1.29, 1.82) is 0 Å². The van der Waals surface area contributed by atoms with E-state index in [1.54, 1.807) is 0 Å². The van der Waals surface area contributed by atoms with Crippen molar-refractivity contribution in [2.45, 2.75) is 85.5 Å². The molecule has 136 valence electrons. The smallest absolute Gasteiger partial charge is 0.0188 e. The van der Waals surface area contributed by atoms with E-state index in [1.165, 1.54) is 35.6 Å². The zero-order valence-electron chi connectivity index (χ0n) is 18.0. The lowest BCUT2D eigenvalue weighted by Crippen LogP contribution is -2.30. The average molecular weight is 348 g/mol. The minimum Gasteiger partial charge on any atom is -0.281 e. The van der Waals surface area contributed by atoms with E-state index in [4.69, 9.17) is 0 Å². The van der Waals surface area contributed by atoms with E-state index >= 15 is 0 Å². The molecule has 1 aromatic rings. The first-order chi connectivity index (χ1) is 10.5. The van der Waals surface area contributed by atoms with Gasteiger partial charge in [0.15, 0.2) is 0 Å². The summed E-state index contributed by atoms with van der Waals surface area (Å²) in [6.45, 7) is 23.2. The molecular weight excluding hydrogens is 309 g/mol. The molecule has 0 saturated carbocycles. The summed E-state index contributed by atoms with van der Waals surface area (Å²) in [6, 6.07) is 4.92. The van der Waals surface area contributed by atoms with Crippen LogP contribution in [0.25, 0.3) is 0 Å². The summed E-state index contributed by atoms with van der Waals surface area (Å²) in [5, 5.41) is 1.49. The van der Waals surface area contributed by atoms with Gasteiger partial charge in [-0.2, -0.15) is 0 Å². The molecule has 1 nitrogen and oxygen atoms in total. The van der Waals surface area contributed by atoms with Crippen LogP contribution in [0.15, 0.2) is 12.1 Å². The summed E-state index contributed by atoms with van der Waals surface area (Å²) in [4.78, 5) is 2.23. The molecule has 0 bridgehead atoms. The minimum absolute atomic E-state index is 0.135. The molecule has 0 radical (unpaired) electrons. The van der Waals surface area contributed by atoms with E-state index in [0.717, 1.165) is 0 Å². The Kier molecular flexibility index (Phi) is 6.17. The quantitative estimate of drug-likeness (QED) is 0.605. The van der Waals surface area contributed by atoms with Gasteiger partial charge in [0, 0.05) is 10.7 Å². The molecule has 0 spiro atoms. The maximum Gasteiger partial charge on any atom is 0.0188 e. The molecular formula is C22H38NP. The number of hydrogen-bond donors (Lipinski definition) is 0. The molecule has 0 aromatic heterocycles. The monoisotopic (exact) mass is 347 g/mol. The molecule has 0 aliphatic carbocycles. The summed E-state index contributed by atoms with van der Waals surface area (Å²) < 4.78 is 0. The van der Waals surface area contributed by atoms with Crippen LogP contribution < -0.4 is 5.30 Å². The number of benzene rings is 1. The molecule has 0 fully saturated rings. The normalized spacial score (nSPS) is 14.5. The summed E-state index contributed by atoms with van der Waals surface area (Å²) in [6.07, 6.45) is 0. The fourth-order valence-electron chi connectivity index (χ4n) is 2.59. The Morgan fingerprint density at radius 1 is 0.750 bits per heavy atom. The predicted molar refractivity (Wildman–Crippen MR) is 113 cm³/mol. The van der Waals surface area contributed by atoms with Crippen LogP contribution in [0.1, 0.15) is 85.9 Å². The van der Waals surface area contributed by atoms with Gasteiger partial charge in [0.1, 0.15) is 0 Å². The number of nitrogens with zero attached hydrogens (tertiary/aromatic N) is 1. The maximum absolute atomic E-state index is 2.46. The highest BCUT2D eigenvalue weighted by Crippen LogP contribution is 2.35. The fourth-order valence-corrected chi connectivity index (χ4v) is 4.16. The standard InChI is InChI=1S/C22H38NP/c1-15(23(11)12)24-19-17(21(5,6)7)13-16(20(2,3)4)14-18(19)22(8,9)10/h13-14H,1-12H3. The minimum atomic E-state index is 0.135. The first-order valence-electron chi connectivity index (χ1n) is 8.97. The van der Waals surface area contributed by atoms with Crippen molar-refractivity contribution in [2.75, 3.05) is 14.1 Å². The Morgan fingerprint density at radius 3 is 1.38 bits per heavy atom. The van der Waals surface area contributed by atoms with Crippen LogP contribution in [0.2, 0.25) is 0 Å². The van der Waals surface area contributed by atoms with Crippen molar-refractivity contribution in [3.63, 3.8) is 0 Å². The van der Waals surface area contributed by atoms with Crippen molar-refractivity contribution in [1.82, 2.24) is 4.90 Å². The summed E-state index contributed by atoms with van der Waals surface area (Å²) in [5.74, 6) is 0. The zero-order valence-corrected chi connectivity index (χ0v) is 18.9. The highest BCUT2D eigenvalue weighted by molar-refractivity contribution is 7.49. The molecule has 2 heteroatoms. The molecule has 0 heterocycles. The van der Waals surface area contributed by atoms with E-state index < -0.39 is 0 Å². The van der Waals surface area contributed by atoms with Gasteiger partial charge in [-0.15, -0.1) is 0 Å². The molecule has 24 heavy (non-hydrogen) atoms. The second-order valence-corrected chi connectivity index (χ2v) is 11.5. The molecule has 0 aliphatic rings. The zero-order chi connectivity index (χ0) is 19.1. The van der Waals surface area contributed by atoms with Gasteiger partial charge >= 0.3 is 0 Å². The van der Waals surface area contributed by atoms with Gasteiger partial charge < -0.3 is 0 Å². The van der Waals surface area contributed by atoms with Crippen LogP contribution in [0.5, 0.6) is 0 Å². The molecule has 1 aromatic carbocycles. The SMILES string of the molecule is CC(=Pc1c(C(C)(C)C)cc(C(C)(C)C)cc1C(C)(C)C)N(C)C. The van der Waals surface area contributed by atoms with Crippen LogP contribution >= 0.6 is 8.20 Å². The summed E-state index contributed by atoms with van der Waals surface area (Å²) in [5.41, 5.74) is 6.24. The molecule has 1 rings (SSSR count). The largest absolute Gasteiger partial charge is 0.281 e. The van der Waals surface area contributed by atoms with Gasteiger partial charge in [-0.3, -0.25) is 4.90 Å². The second-order valence-electron chi connectivity index (χ2n) is 10.2. The lowest BCUT2D eigenvalue weighted by molar-refractivity contribution is 0.554. The summed E-state index contributed by atoms with van der Waals surface area (Å²) >= 11 is 0. The van der Waals surface area contributed by atoms with E-state index in [9.17, 15) is 0 Å². The Labute approximate surface area is 152 Å². The second kappa shape index (κ2) is 6.93. The van der Waals surface area contributed by atoms with Crippen molar-refractivity contribution < 1.29 is 0 Å². The first-order valence-corrected chi connectivity index (χ1v) is 9.86. The molecule has 0 N–H and O–H groups in total. The van der Waals surface area contributed by atoms with Crippen LogP contribution in [-0.4, -0.2) is 24.4 Å². The van der Waals surface area contributed by atoms with Gasteiger partial charge in [0.25, 0.3) is 0 Å². The van der Waals surface area contributed by atoms with Crippen LogP contribution in [0.4, 0.5) is 0 Å². The van der Waals surface area contributed by atoms with Crippen LogP contribution in [-0.2, 0) is 16.2 Å². The lowest BCUT2D eigenvalue weighted by Gasteiger charge is -2.32. The third-order valence-corrected chi connectivity index (χ3v) is 5.94. The van der Waals surface area contributed by atoms with Crippen molar-refractivity contribution in [2.24, 2.45) is 0 Å². The highest BCUT2D eigenvalue weighted by atomic mass is 31.1. The van der Waals surface area contributed by atoms with E-state index in [-0.39, 0.29) is 16.2 Å². The molecule has 0 atom stereocenters. The van der Waals surface area contributed by atoms with Crippen molar-refractivity contribution >= 4 is 18.9 Å². The average Bonchev–Trinajstić information content (AvgIpc) is 2.34. The van der Waals surface area contributed by atoms with E-state index in [2.05, 4.69) is 100 Å². The Hall–Kier alpha value is -0.650. The Balaban J connectivity index is 3.92. The fraction of sp³-hybridized carbons (Fsp3) is 0.682. The number of hydrogen-bond acceptors (Lipinski definition) is 0. The van der Waals surface area contributed by atoms with Crippen LogP contribution in [0.3, 0.4) is 0 Å². The molecule has 0 amide bonds. The Bertz CT molecular complexity index is 582. The Morgan fingerprint density at radius 2 is 1.12 bits per heavy atom. The molecule has 0 aliphatic heterocycles. The van der Waals surface area contributed by atoms with Gasteiger partial charge in [-0.25, -0.2) is 0 Å². The first kappa shape index (κ1) is 21.4. The summed E-state index contributed by atoms with van der Waals surface area (Å²) in [7, 11) is 5.60. The lowest BCUT2D eigenvalue weighted by atomic mass is 9.75. The molecule has 0 unspecified atom stereocenters. The van der Waals surface area contributed by atoms with Gasteiger partial charge in [-0.05, 0) is 54.0 Å². The maximum atomic E-state index is 2.46. The van der Waals surface area contributed by atoms with Crippen LogP contribution in [0, 0.1) is 0 Å². The van der Waals surface area contributed by atoms with E-state index in [1.807, 2.05) is 0 Å². The van der Waals surface area contributed by atoms with Gasteiger partial charge in [-0.1, -0.05) is 82.7 Å². The van der Waals surface area contributed by atoms with Crippen molar-refractivity contribution in [3.8, 4) is 0 Å². The third kappa shape index (κ3) is 5.17. The number of rotatable bonds is 2. The highest BCUT2D eigenvalue weighted by Gasteiger charge is 2.28. The van der Waals surface area contributed by atoms with Crippen molar-refractivity contribution in [3.05, 3.63) is 28.8 Å². The third-order valence-electron chi connectivity index (χ3n) is 4.51. The van der Waals surface area contributed by atoms with E-state index in [0.29, 0.717) is 0 Å². The topological polar surface area (TPSA) is 3.24 Å². The predicted octanol–water partition coefficient (Wildman–Crippen LogP) is 5.86. The van der Waals surface area contributed by atoms with Gasteiger partial charge in [0.05, 0.1) is 0 Å².